The summed E-state index contributed by atoms with van der Waals surface area (Å²) in [4.78, 5) is 25.9. The highest BCUT2D eigenvalue weighted by Crippen LogP contribution is 2.23. The van der Waals surface area contributed by atoms with Gasteiger partial charge in [0.15, 0.2) is 0 Å². The second-order valence-electron chi connectivity index (χ2n) is 10.2. The van der Waals surface area contributed by atoms with Crippen molar-refractivity contribution >= 4 is 23.8 Å². The van der Waals surface area contributed by atoms with Gasteiger partial charge in [-0.3, -0.25) is 4.79 Å². The van der Waals surface area contributed by atoms with Crippen LogP contribution in [-0.2, 0) is 20.7 Å². The molecule has 0 saturated heterocycles. The van der Waals surface area contributed by atoms with E-state index in [-0.39, 0.29) is 24.5 Å². The third-order valence-electron chi connectivity index (χ3n) is 5.89. The first-order valence-electron chi connectivity index (χ1n) is 12.7. The van der Waals surface area contributed by atoms with E-state index in [1.165, 1.54) is 17.5 Å². The van der Waals surface area contributed by atoms with E-state index >= 15 is 0 Å². The number of thioether (sulfide) groups is 1. The van der Waals surface area contributed by atoms with Gasteiger partial charge in [0.25, 0.3) is 0 Å². The van der Waals surface area contributed by atoms with Crippen molar-refractivity contribution in [2.45, 2.75) is 94.8 Å². The van der Waals surface area contributed by atoms with Crippen LogP contribution >= 0.6 is 11.8 Å². The number of rotatable bonds is 10. The van der Waals surface area contributed by atoms with Gasteiger partial charge in [-0.2, -0.15) is 0 Å². The molecule has 5 nitrogen and oxygen atoms in total. The third kappa shape index (κ3) is 10.8. The fourth-order valence-electron chi connectivity index (χ4n) is 4.12. The van der Waals surface area contributed by atoms with E-state index in [9.17, 15) is 9.59 Å². The van der Waals surface area contributed by atoms with E-state index in [2.05, 4.69) is 53.8 Å². The fraction of sp³-hybridized carbons (Fsp3) is 0.517. The minimum atomic E-state index is -0.573. The summed E-state index contributed by atoms with van der Waals surface area (Å²) in [5.74, 6) is 0.469. The molecule has 2 aromatic carbocycles. The molecule has 35 heavy (non-hydrogen) atoms. The summed E-state index contributed by atoms with van der Waals surface area (Å²) in [6.07, 6.45) is 6.70. The van der Waals surface area contributed by atoms with Crippen molar-refractivity contribution in [3.8, 4) is 0 Å². The molecule has 0 aromatic heterocycles. The van der Waals surface area contributed by atoms with Crippen LogP contribution in [-0.4, -0.2) is 35.6 Å². The number of carbonyl (C=O) groups is 2. The molecule has 1 unspecified atom stereocenters. The molecule has 0 heterocycles. The molecular formula is C29H39NO4S. The summed E-state index contributed by atoms with van der Waals surface area (Å²) in [5.41, 5.74) is 1.97. The van der Waals surface area contributed by atoms with Crippen LogP contribution in [0.4, 0.5) is 4.79 Å². The summed E-state index contributed by atoms with van der Waals surface area (Å²) in [6, 6.07) is 18.7. The first-order chi connectivity index (χ1) is 16.8. The molecule has 190 valence electrons. The summed E-state index contributed by atoms with van der Waals surface area (Å²) in [5, 5.41) is 2.96. The zero-order valence-corrected chi connectivity index (χ0v) is 22.1. The lowest BCUT2D eigenvalue weighted by atomic mass is 9.98. The molecule has 1 aliphatic carbocycles. The number of ether oxygens (including phenoxy) is 2. The summed E-state index contributed by atoms with van der Waals surface area (Å²) < 4.78 is 11.1. The Bertz CT molecular complexity index is 918. The van der Waals surface area contributed by atoms with Crippen LogP contribution in [0.15, 0.2) is 59.5 Å². The average Bonchev–Trinajstić information content (AvgIpc) is 2.82. The molecule has 6 heteroatoms. The molecule has 0 aliphatic heterocycles. The lowest BCUT2D eigenvalue weighted by Gasteiger charge is -2.24. The number of alkyl carbamates (subject to hydrolysis) is 1. The number of hydrogen-bond donors (Lipinski definition) is 1. The molecule has 0 bridgehead atoms. The van der Waals surface area contributed by atoms with Crippen molar-refractivity contribution in [2.75, 3.05) is 5.75 Å². The predicted octanol–water partition coefficient (Wildman–Crippen LogP) is 6.92. The van der Waals surface area contributed by atoms with Crippen molar-refractivity contribution < 1.29 is 19.1 Å². The van der Waals surface area contributed by atoms with E-state index in [4.69, 9.17) is 9.47 Å². The smallest absolute Gasteiger partial charge is 0.407 e. The topological polar surface area (TPSA) is 64.6 Å². The van der Waals surface area contributed by atoms with E-state index in [1.54, 1.807) is 11.8 Å². The highest BCUT2D eigenvalue weighted by Gasteiger charge is 2.22. The number of carbonyl (C=O) groups excluding carboxylic acids is 2. The minimum Gasteiger partial charge on any atom is -0.462 e. The van der Waals surface area contributed by atoms with Gasteiger partial charge in [0.1, 0.15) is 11.7 Å². The number of hydrogen-bond acceptors (Lipinski definition) is 5. The highest BCUT2D eigenvalue weighted by molar-refractivity contribution is 7.99. The maximum Gasteiger partial charge on any atom is 0.407 e. The van der Waals surface area contributed by atoms with Gasteiger partial charge in [-0.15, -0.1) is 11.8 Å². The molecule has 0 radical (unpaired) electrons. The van der Waals surface area contributed by atoms with Gasteiger partial charge in [-0.25, -0.2) is 4.79 Å². The van der Waals surface area contributed by atoms with Crippen molar-refractivity contribution in [3.63, 3.8) is 0 Å². The molecule has 3 rings (SSSR count). The monoisotopic (exact) mass is 497 g/mol. The zero-order valence-electron chi connectivity index (χ0n) is 21.3. The first-order valence-corrected chi connectivity index (χ1v) is 13.7. The van der Waals surface area contributed by atoms with Gasteiger partial charge < -0.3 is 14.8 Å². The standard InChI is InChI=1S/C29H39NO4S/c1-29(2,3)34-28(32)30-24(16-19-27(31)33-25-12-8-5-9-13-25)21-35-26-17-14-23(15-18-26)20-22-10-6-4-7-11-22/h4,6-7,10-11,14-15,17-18,24-25H,5,8-9,12-13,16,19-21H2,1-3H3,(H,30,32). The molecular weight excluding hydrogens is 458 g/mol. The maximum atomic E-state index is 12.4. The predicted molar refractivity (Wildman–Crippen MR) is 142 cm³/mol. The van der Waals surface area contributed by atoms with E-state index < -0.39 is 11.7 Å². The molecule has 1 aliphatic rings. The van der Waals surface area contributed by atoms with E-state index in [0.717, 1.165) is 37.0 Å². The normalized spacial score (nSPS) is 15.3. The van der Waals surface area contributed by atoms with Crippen LogP contribution < -0.4 is 5.32 Å². The Morgan fingerprint density at radius 2 is 1.63 bits per heavy atom. The highest BCUT2D eigenvalue weighted by atomic mass is 32.2. The summed E-state index contributed by atoms with van der Waals surface area (Å²) in [7, 11) is 0. The first kappa shape index (κ1) is 27.1. The van der Waals surface area contributed by atoms with Crippen LogP contribution in [0.2, 0.25) is 0 Å². The van der Waals surface area contributed by atoms with Crippen molar-refractivity contribution in [2.24, 2.45) is 0 Å². The SMILES string of the molecule is CC(C)(C)OC(=O)NC(CCC(=O)OC1CCCCC1)CSc1ccc(Cc2ccccc2)cc1. The van der Waals surface area contributed by atoms with Gasteiger partial charge >= 0.3 is 12.1 Å². The Kier molecular flexibility index (Phi) is 10.5. The summed E-state index contributed by atoms with van der Waals surface area (Å²) >= 11 is 1.67. The molecule has 1 amide bonds. The van der Waals surface area contributed by atoms with Crippen LogP contribution in [0.1, 0.15) is 76.8 Å². The summed E-state index contributed by atoms with van der Waals surface area (Å²) in [6.45, 7) is 5.53. The lowest BCUT2D eigenvalue weighted by molar-refractivity contribution is -0.150. The third-order valence-corrected chi connectivity index (χ3v) is 7.07. The molecule has 2 aromatic rings. The number of amides is 1. The largest absolute Gasteiger partial charge is 0.462 e. The van der Waals surface area contributed by atoms with Crippen LogP contribution in [0.5, 0.6) is 0 Å². The van der Waals surface area contributed by atoms with Crippen molar-refractivity contribution in [1.82, 2.24) is 5.32 Å². The molecule has 1 fully saturated rings. The van der Waals surface area contributed by atoms with Crippen molar-refractivity contribution in [3.05, 3.63) is 65.7 Å². The lowest BCUT2D eigenvalue weighted by Crippen LogP contribution is -2.40. The fourth-order valence-corrected chi connectivity index (χ4v) is 5.10. The van der Waals surface area contributed by atoms with Crippen LogP contribution in [0, 0.1) is 0 Å². The molecule has 1 atom stereocenters. The Hall–Kier alpha value is -2.47. The van der Waals surface area contributed by atoms with Gasteiger partial charge in [-0.1, -0.05) is 48.9 Å². The molecule has 1 saturated carbocycles. The average molecular weight is 498 g/mol. The minimum absolute atomic E-state index is 0.0530. The second kappa shape index (κ2) is 13.6. The maximum absolute atomic E-state index is 12.4. The number of nitrogens with one attached hydrogen (secondary N) is 1. The quantitative estimate of drug-likeness (QED) is 0.285. The van der Waals surface area contributed by atoms with Gasteiger partial charge in [0, 0.05) is 23.1 Å². The molecule has 0 spiro atoms. The Balaban J connectivity index is 1.52. The second-order valence-corrected chi connectivity index (χ2v) is 11.3. The zero-order chi connectivity index (χ0) is 25.1. The number of benzene rings is 2. The van der Waals surface area contributed by atoms with Crippen molar-refractivity contribution in [1.29, 1.82) is 0 Å². The van der Waals surface area contributed by atoms with Crippen LogP contribution in [0.3, 0.4) is 0 Å². The molecule has 1 N–H and O–H groups in total. The van der Waals surface area contributed by atoms with Gasteiger partial charge in [0.2, 0.25) is 0 Å². The number of esters is 1. The van der Waals surface area contributed by atoms with E-state index in [1.807, 2.05) is 26.8 Å². The van der Waals surface area contributed by atoms with Gasteiger partial charge in [-0.05, 0) is 82.6 Å². The Morgan fingerprint density at radius 3 is 2.29 bits per heavy atom. The Morgan fingerprint density at radius 1 is 0.971 bits per heavy atom. The van der Waals surface area contributed by atoms with Crippen LogP contribution in [0.25, 0.3) is 0 Å². The Labute approximate surface area is 214 Å². The van der Waals surface area contributed by atoms with Gasteiger partial charge in [0.05, 0.1) is 0 Å². The van der Waals surface area contributed by atoms with E-state index in [0.29, 0.717) is 12.2 Å².